The second kappa shape index (κ2) is 12.7. The van der Waals surface area contributed by atoms with Gasteiger partial charge in [0.15, 0.2) is 12.1 Å². The van der Waals surface area contributed by atoms with E-state index in [0.717, 1.165) is 50.8 Å². The van der Waals surface area contributed by atoms with Gasteiger partial charge in [0.05, 0.1) is 44.5 Å². The van der Waals surface area contributed by atoms with E-state index >= 15 is 0 Å². The number of Topliss-reactive ketones (excluding diaryl/α,β-unsaturated/α-hetero) is 1. The van der Waals surface area contributed by atoms with Crippen LogP contribution < -0.4 is 15.4 Å². The first-order chi connectivity index (χ1) is 20.9. The molecule has 0 bridgehead atoms. The average molecular weight is 591 g/mol. The minimum absolute atomic E-state index is 0.0637. The van der Waals surface area contributed by atoms with Gasteiger partial charge in [-0.25, -0.2) is 0 Å². The molecule has 3 saturated heterocycles. The van der Waals surface area contributed by atoms with E-state index in [1.54, 1.807) is 12.0 Å². The number of likely N-dealkylation sites (N-methyl/N-ethyl adjacent to an activating group) is 1. The Hall–Kier alpha value is -2.81. The summed E-state index contributed by atoms with van der Waals surface area (Å²) >= 11 is 0. The number of carbonyl (C=O) groups excluding carboxylic acids is 2. The van der Waals surface area contributed by atoms with Crippen LogP contribution in [0.1, 0.15) is 49.7 Å². The van der Waals surface area contributed by atoms with Crippen LogP contribution in [0.2, 0.25) is 0 Å². The summed E-state index contributed by atoms with van der Waals surface area (Å²) in [5.41, 5.74) is 2.16. The van der Waals surface area contributed by atoms with E-state index < -0.39 is 6.35 Å². The highest BCUT2D eigenvalue weighted by atomic mass is 16.5. The fourth-order valence-electron chi connectivity index (χ4n) is 8.36. The summed E-state index contributed by atoms with van der Waals surface area (Å²) in [6.45, 7) is 7.09. The summed E-state index contributed by atoms with van der Waals surface area (Å²) in [7, 11) is 3.84. The van der Waals surface area contributed by atoms with Crippen LogP contribution in [0.5, 0.6) is 5.75 Å². The molecule has 3 aliphatic heterocycles. The van der Waals surface area contributed by atoms with Crippen molar-refractivity contribution in [1.82, 2.24) is 25.3 Å². The first-order valence-electron chi connectivity index (χ1n) is 15.9. The van der Waals surface area contributed by atoms with Gasteiger partial charge >= 0.3 is 0 Å². The maximum absolute atomic E-state index is 14.6. The molecule has 0 radical (unpaired) electrons. The molecule has 2 aliphatic carbocycles. The zero-order valence-electron chi connectivity index (χ0n) is 25.6. The number of ketones is 1. The fourth-order valence-corrected chi connectivity index (χ4v) is 8.36. The minimum atomic E-state index is -0.457. The van der Waals surface area contributed by atoms with Crippen LogP contribution >= 0.6 is 0 Å². The number of fused-ring (bicyclic) bond motifs is 2. The van der Waals surface area contributed by atoms with Crippen molar-refractivity contribution in [2.45, 2.75) is 82.0 Å². The van der Waals surface area contributed by atoms with Crippen LogP contribution in [0.25, 0.3) is 0 Å². The first kappa shape index (κ1) is 30.2. The van der Waals surface area contributed by atoms with E-state index in [1.165, 1.54) is 23.6 Å². The topological polar surface area (TPSA) is 110 Å². The molecule has 1 aromatic rings. The van der Waals surface area contributed by atoms with E-state index in [4.69, 9.17) is 9.47 Å². The molecule has 43 heavy (non-hydrogen) atoms. The Morgan fingerprint density at radius 1 is 1.19 bits per heavy atom. The van der Waals surface area contributed by atoms with E-state index in [0.29, 0.717) is 38.1 Å². The van der Waals surface area contributed by atoms with Crippen LogP contribution in [-0.4, -0.2) is 104 Å². The minimum Gasteiger partial charge on any atom is -0.497 e. The number of nitriles is 1. The SMILES string of the molecule is C=CC(=O)N1CCN(C2NC(OCC3CCCN3C)NC3C(=O)[C@@]4(CCc5cc(OC)ccc5C4)CCC32)CC1CC#N. The highest BCUT2D eigenvalue weighted by Crippen LogP contribution is 2.48. The van der Waals surface area contributed by atoms with Crippen molar-refractivity contribution < 1.29 is 19.1 Å². The largest absolute Gasteiger partial charge is 0.497 e. The number of hydrogen-bond acceptors (Lipinski definition) is 9. The fraction of sp³-hybridized carbons (Fsp3) is 0.667. The number of methoxy groups -OCH3 is 1. The van der Waals surface area contributed by atoms with Crippen molar-refractivity contribution in [2.24, 2.45) is 11.3 Å². The second-order valence-corrected chi connectivity index (χ2v) is 13.2. The molecule has 6 unspecified atom stereocenters. The van der Waals surface area contributed by atoms with Gasteiger partial charge in [-0.2, -0.15) is 5.26 Å². The van der Waals surface area contributed by atoms with Crippen LogP contribution in [0.15, 0.2) is 30.9 Å². The molecule has 1 amide bonds. The number of nitrogens with one attached hydrogen (secondary N) is 2. The van der Waals surface area contributed by atoms with Crippen molar-refractivity contribution in [2.75, 3.05) is 46.9 Å². The van der Waals surface area contributed by atoms with Crippen molar-refractivity contribution >= 4 is 11.7 Å². The van der Waals surface area contributed by atoms with E-state index in [-0.39, 0.29) is 41.9 Å². The maximum atomic E-state index is 14.6. The number of ether oxygens (including phenoxy) is 2. The van der Waals surface area contributed by atoms with Crippen molar-refractivity contribution in [3.8, 4) is 11.8 Å². The smallest absolute Gasteiger partial charge is 0.246 e. The highest BCUT2D eigenvalue weighted by Gasteiger charge is 2.55. The van der Waals surface area contributed by atoms with Gasteiger partial charge in [-0.05, 0) is 87.9 Å². The number of hydrogen-bond donors (Lipinski definition) is 2. The third kappa shape index (κ3) is 5.86. The lowest BCUT2D eigenvalue weighted by atomic mass is 9.59. The molecule has 232 valence electrons. The molecule has 3 heterocycles. The third-order valence-electron chi connectivity index (χ3n) is 10.9. The molecule has 4 fully saturated rings. The Morgan fingerprint density at radius 3 is 2.79 bits per heavy atom. The number of rotatable bonds is 7. The van der Waals surface area contributed by atoms with Crippen LogP contribution in [0, 0.1) is 22.7 Å². The van der Waals surface area contributed by atoms with Crippen LogP contribution in [-0.2, 0) is 27.2 Å². The maximum Gasteiger partial charge on any atom is 0.246 e. The molecule has 6 rings (SSSR count). The summed E-state index contributed by atoms with van der Waals surface area (Å²) in [5, 5.41) is 16.9. The van der Waals surface area contributed by atoms with Gasteiger partial charge in [-0.15, -0.1) is 0 Å². The van der Waals surface area contributed by atoms with Crippen LogP contribution in [0.3, 0.4) is 0 Å². The number of aryl methyl sites for hydroxylation is 1. The molecule has 0 aromatic heterocycles. The molecule has 1 aromatic carbocycles. The van der Waals surface area contributed by atoms with Crippen molar-refractivity contribution in [3.05, 3.63) is 42.0 Å². The number of carbonyl (C=O) groups is 2. The number of nitrogens with zero attached hydrogens (tertiary/aromatic N) is 4. The Bertz CT molecular complexity index is 1270. The van der Waals surface area contributed by atoms with Gasteiger partial charge in [0.25, 0.3) is 0 Å². The predicted octanol–water partition coefficient (Wildman–Crippen LogP) is 2.04. The monoisotopic (exact) mass is 590 g/mol. The second-order valence-electron chi connectivity index (χ2n) is 13.2. The zero-order chi connectivity index (χ0) is 30.1. The number of piperazine rings is 1. The lowest BCUT2D eigenvalue weighted by molar-refractivity contribution is -0.154. The van der Waals surface area contributed by atoms with E-state index in [9.17, 15) is 14.9 Å². The van der Waals surface area contributed by atoms with Gasteiger partial charge in [-0.3, -0.25) is 25.1 Å². The molecule has 10 nitrogen and oxygen atoms in total. The van der Waals surface area contributed by atoms with Crippen molar-refractivity contribution in [1.29, 1.82) is 5.26 Å². The number of amides is 1. The normalized spacial score (nSPS) is 34.8. The third-order valence-corrected chi connectivity index (χ3v) is 10.9. The molecule has 5 aliphatic rings. The summed E-state index contributed by atoms with van der Waals surface area (Å²) < 4.78 is 11.9. The Kier molecular flexibility index (Phi) is 8.90. The Labute approximate surface area is 255 Å². The lowest BCUT2D eigenvalue weighted by Crippen LogP contribution is -2.74. The molecule has 2 N–H and O–H groups in total. The lowest BCUT2D eigenvalue weighted by Gasteiger charge is -2.55. The molecule has 7 atom stereocenters. The number of likely N-dealkylation sites (tertiary alicyclic amines) is 1. The summed E-state index contributed by atoms with van der Waals surface area (Å²) in [6.07, 6.45) is 7.58. The molecular formula is C33H46N6O4. The van der Waals surface area contributed by atoms with Gasteiger partial charge in [0, 0.05) is 37.0 Å². The first-order valence-corrected chi connectivity index (χ1v) is 15.9. The summed E-state index contributed by atoms with van der Waals surface area (Å²) in [5.74, 6) is 1.10. The van der Waals surface area contributed by atoms with E-state index in [1.807, 2.05) is 6.07 Å². The van der Waals surface area contributed by atoms with Crippen LogP contribution in [0.4, 0.5) is 0 Å². The average Bonchev–Trinajstić information content (AvgIpc) is 3.45. The zero-order valence-corrected chi connectivity index (χ0v) is 25.6. The van der Waals surface area contributed by atoms with Gasteiger partial charge in [0.1, 0.15) is 5.75 Å². The van der Waals surface area contributed by atoms with Crippen molar-refractivity contribution in [3.63, 3.8) is 0 Å². The highest BCUT2D eigenvalue weighted by molar-refractivity contribution is 5.91. The quantitative estimate of drug-likeness (QED) is 0.461. The Morgan fingerprint density at radius 2 is 2.05 bits per heavy atom. The molecule has 10 heteroatoms. The molecule has 1 spiro atoms. The van der Waals surface area contributed by atoms with E-state index in [2.05, 4.69) is 52.3 Å². The number of benzene rings is 1. The molecular weight excluding hydrogens is 544 g/mol. The predicted molar refractivity (Wildman–Crippen MR) is 162 cm³/mol. The van der Waals surface area contributed by atoms with Gasteiger partial charge in [0.2, 0.25) is 5.91 Å². The summed E-state index contributed by atoms with van der Waals surface area (Å²) in [4.78, 5) is 33.6. The summed E-state index contributed by atoms with van der Waals surface area (Å²) in [6, 6.07) is 8.36. The Balaban J connectivity index is 1.24. The molecule has 1 saturated carbocycles. The standard InChI is InChI=1S/C33H46N6O4/c1-4-28(40)39-17-16-38(20-24(39)11-14-34)31-27-10-13-33(12-9-22-18-26(42-3)8-7-23(22)19-33)30(41)29(27)35-32(36-31)43-21-25-6-5-15-37(25)2/h4,7-8,18,24-25,27,29,31-32,35-36H,1,5-6,9-13,15-17,19-21H2,2-3H3/t24?,25?,27?,29?,31?,32?,33-/m0/s1. The van der Waals surface area contributed by atoms with Gasteiger partial charge < -0.3 is 19.3 Å². The van der Waals surface area contributed by atoms with Gasteiger partial charge in [-0.1, -0.05) is 12.6 Å².